The standard InChI is InChI=1S/C16H24Cl2N2/c1-2-9-19-15(12-7-5-3-4-6-8-12)16-14(18)10-13(17)11-20-16/h10-12,15,19H,2-9H2,1H3. The number of hydrogen-bond donors (Lipinski definition) is 1. The minimum atomic E-state index is 0.262. The Morgan fingerprint density at radius 3 is 2.55 bits per heavy atom. The Labute approximate surface area is 132 Å². The highest BCUT2D eigenvalue weighted by atomic mass is 35.5. The van der Waals surface area contributed by atoms with Crippen LogP contribution in [0.4, 0.5) is 0 Å². The molecule has 0 amide bonds. The molecule has 0 aromatic carbocycles. The van der Waals surface area contributed by atoms with Crippen molar-refractivity contribution in [3.05, 3.63) is 28.0 Å². The number of hydrogen-bond acceptors (Lipinski definition) is 2. The van der Waals surface area contributed by atoms with Crippen LogP contribution in [-0.4, -0.2) is 11.5 Å². The molecule has 112 valence electrons. The second-order valence-electron chi connectivity index (χ2n) is 5.70. The molecule has 1 atom stereocenters. The number of aromatic nitrogens is 1. The average molecular weight is 315 g/mol. The highest BCUT2D eigenvalue weighted by molar-refractivity contribution is 6.34. The van der Waals surface area contributed by atoms with E-state index in [0.29, 0.717) is 16.0 Å². The van der Waals surface area contributed by atoms with E-state index in [9.17, 15) is 0 Å². The van der Waals surface area contributed by atoms with Crippen LogP contribution in [0.1, 0.15) is 63.6 Å². The zero-order valence-electron chi connectivity index (χ0n) is 12.2. The van der Waals surface area contributed by atoms with Gasteiger partial charge in [0.2, 0.25) is 0 Å². The molecule has 0 bridgehead atoms. The van der Waals surface area contributed by atoms with Crippen LogP contribution >= 0.6 is 23.2 Å². The van der Waals surface area contributed by atoms with Crippen molar-refractivity contribution in [3.8, 4) is 0 Å². The van der Waals surface area contributed by atoms with Crippen molar-refractivity contribution in [3.63, 3.8) is 0 Å². The zero-order valence-corrected chi connectivity index (χ0v) is 13.7. The van der Waals surface area contributed by atoms with Gasteiger partial charge in [-0.2, -0.15) is 0 Å². The number of nitrogens with one attached hydrogen (secondary N) is 1. The molecule has 4 heteroatoms. The molecule has 1 aliphatic carbocycles. The van der Waals surface area contributed by atoms with Crippen LogP contribution < -0.4 is 5.32 Å². The zero-order chi connectivity index (χ0) is 14.4. The Kier molecular flexibility index (Phi) is 6.60. The number of halogens is 2. The van der Waals surface area contributed by atoms with Crippen molar-refractivity contribution in [1.29, 1.82) is 0 Å². The Morgan fingerprint density at radius 1 is 1.25 bits per heavy atom. The van der Waals surface area contributed by atoms with Gasteiger partial charge in [-0.05, 0) is 37.8 Å². The van der Waals surface area contributed by atoms with Crippen LogP contribution in [0, 0.1) is 5.92 Å². The molecule has 0 radical (unpaired) electrons. The summed E-state index contributed by atoms with van der Waals surface area (Å²) in [5.41, 5.74) is 0.969. The predicted octanol–water partition coefficient (Wildman–Crippen LogP) is 5.40. The topological polar surface area (TPSA) is 24.9 Å². The maximum atomic E-state index is 6.38. The first-order chi connectivity index (χ1) is 9.72. The Hall–Kier alpha value is -0.310. The summed E-state index contributed by atoms with van der Waals surface area (Å²) in [6.07, 6.45) is 10.7. The van der Waals surface area contributed by atoms with E-state index in [-0.39, 0.29) is 6.04 Å². The molecule has 1 aromatic heterocycles. The van der Waals surface area contributed by atoms with Gasteiger partial charge in [0, 0.05) is 6.20 Å². The lowest BCUT2D eigenvalue weighted by molar-refractivity contribution is 0.320. The third kappa shape index (κ3) is 4.34. The Balaban J connectivity index is 2.20. The first-order valence-corrected chi connectivity index (χ1v) is 8.52. The highest BCUT2D eigenvalue weighted by Crippen LogP contribution is 2.36. The van der Waals surface area contributed by atoms with Gasteiger partial charge >= 0.3 is 0 Å². The van der Waals surface area contributed by atoms with E-state index >= 15 is 0 Å². The predicted molar refractivity (Wildman–Crippen MR) is 86.5 cm³/mol. The summed E-state index contributed by atoms with van der Waals surface area (Å²) in [6.45, 7) is 3.19. The summed E-state index contributed by atoms with van der Waals surface area (Å²) in [4.78, 5) is 4.51. The molecule has 1 heterocycles. The number of pyridine rings is 1. The van der Waals surface area contributed by atoms with Crippen LogP contribution in [0.2, 0.25) is 10.0 Å². The third-order valence-corrected chi connectivity index (χ3v) is 4.63. The molecular formula is C16H24Cl2N2. The summed E-state index contributed by atoms with van der Waals surface area (Å²) >= 11 is 12.3. The minimum Gasteiger partial charge on any atom is -0.308 e. The van der Waals surface area contributed by atoms with Crippen molar-refractivity contribution in [2.45, 2.75) is 57.9 Å². The highest BCUT2D eigenvalue weighted by Gasteiger charge is 2.26. The molecular weight excluding hydrogens is 291 g/mol. The molecule has 1 unspecified atom stereocenters. The fourth-order valence-electron chi connectivity index (χ4n) is 3.08. The maximum Gasteiger partial charge on any atom is 0.0762 e. The van der Waals surface area contributed by atoms with E-state index in [1.54, 1.807) is 6.20 Å². The monoisotopic (exact) mass is 314 g/mol. The van der Waals surface area contributed by atoms with Gasteiger partial charge in [0.05, 0.1) is 21.8 Å². The average Bonchev–Trinajstić information content (AvgIpc) is 2.70. The first kappa shape index (κ1) is 16.1. The third-order valence-electron chi connectivity index (χ3n) is 4.12. The number of rotatable bonds is 5. The first-order valence-electron chi connectivity index (χ1n) is 7.76. The lowest BCUT2D eigenvalue weighted by atomic mass is 9.89. The summed E-state index contributed by atoms with van der Waals surface area (Å²) < 4.78 is 0. The quantitative estimate of drug-likeness (QED) is 0.736. The van der Waals surface area contributed by atoms with E-state index in [4.69, 9.17) is 23.2 Å². The van der Waals surface area contributed by atoms with E-state index < -0.39 is 0 Å². The largest absolute Gasteiger partial charge is 0.308 e. The van der Waals surface area contributed by atoms with E-state index in [1.165, 1.54) is 38.5 Å². The smallest absolute Gasteiger partial charge is 0.0762 e. The van der Waals surface area contributed by atoms with Gasteiger partial charge in [0.15, 0.2) is 0 Å². The van der Waals surface area contributed by atoms with E-state index in [1.807, 2.05) is 6.07 Å². The van der Waals surface area contributed by atoms with Gasteiger partial charge in [-0.3, -0.25) is 4.98 Å². The molecule has 0 spiro atoms. The fraction of sp³-hybridized carbons (Fsp3) is 0.688. The molecule has 0 saturated heterocycles. The maximum absolute atomic E-state index is 6.38. The normalized spacial score (nSPS) is 18.8. The van der Waals surface area contributed by atoms with Crippen LogP contribution in [0.3, 0.4) is 0 Å². The molecule has 1 N–H and O–H groups in total. The molecule has 1 fully saturated rings. The molecule has 2 rings (SSSR count). The van der Waals surface area contributed by atoms with Crippen molar-refractivity contribution in [1.82, 2.24) is 10.3 Å². The summed E-state index contributed by atoms with van der Waals surface area (Å²) in [5.74, 6) is 0.634. The van der Waals surface area contributed by atoms with Gasteiger partial charge in [-0.25, -0.2) is 0 Å². The van der Waals surface area contributed by atoms with Gasteiger partial charge in [-0.1, -0.05) is 55.8 Å². The van der Waals surface area contributed by atoms with Crippen LogP contribution in [0.25, 0.3) is 0 Å². The molecule has 1 aromatic rings. The van der Waals surface area contributed by atoms with Crippen LogP contribution in [-0.2, 0) is 0 Å². The summed E-state index contributed by atoms with van der Waals surface area (Å²) in [6, 6.07) is 2.07. The summed E-state index contributed by atoms with van der Waals surface area (Å²) in [5, 5.41) is 4.95. The molecule has 1 saturated carbocycles. The van der Waals surface area contributed by atoms with Crippen molar-refractivity contribution >= 4 is 23.2 Å². The molecule has 0 aliphatic heterocycles. The number of nitrogens with zero attached hydrogens (tertiary/aromatic N) is 1. The minimum absolute atomic E-state index is 0.262. The molecule has 1 aliphatic rings. The second kappa shape index (κ2) is 8.21. The van der Waals surface area contributed by atoms with Gasteiger partial charge in [-0.15, -0.1) is 0 Å². The van der Waals surface area contributed by atoms with Gasteiger partial charge in [0.25, 0.3) is 0 Å². The Morgan fingerprint density at radius 2 is 1.95 bits per heavy atom. The van der Waals surface area contributed by atoms with Crippen LogP contribution in [0.15, 0.2) is 12.3 Å². The van der Waals surface area contributed by atoms with E-state index in [2.05, 4.69) is 17.2 Å². The van der Waals surface area contributed by atoms with E-state index in [0.717, 1.165) is 18.7 Å². The second-order valence-corrected chi connectivity index (χ2v) is 6.55. The lowest BCUT2D eigenvalue weighted by Crippen LogP contribution is -2.30. The summed E-state index contributed by atoms with van der Waals surface area (Å²) in [7, 11) is 0. The van der Waals surface area contributed by atoms with Gasteiger partial charge in [0.1, 0.15) is 0 Å². The SMILES string of the molecule is CCCNC(c1ncc(Cl)cc1Cl)C1CCCCCC1. The van der Waals surface area contributed by atoms with Crippen LogP contribution in [0.5, 0.6) is 0 Å². The van der Waals surface area contributed by atoms with Crippen molar-refractivity contribution in [2.24, 2.45) is 5.92 Å². The Bertz CT molecular complexity index is 415. The molecule has 20 heavy (non-hydrogen) atoms. The van der Waals surface area contributed by atoms with Crippen molar-refractivity contribution < 1.29 is 0 Å². The van der Waals surface area contributed by atoms with Gasteiger partial charge < -0.3 is 5.32 Å². The van der Waals surface area contributed by atoms with Crippen molar-refractivity contribution in [2.75, 3.05) is 6.54 Å². The molecule has 2 nitrogen and oxygen atoms in total. The lowest BCUT2D eigenvalue weighted by Gasteiger charge is -2.27. The fourth-order valence-corrected chi connectivity index (χ4v) is 3.58.